The van der Waals surface area contributed by atoms with Crippen molar-refractivity contribution in [1.29, 1.82) is 0 Å². The lowest BCUT2D eigenvalue weighted by atomic mass is 9.69. The summed E-state index contributed by atoms with van der Waals surface area (Å²) in [5.74, 6) is 1.11. The largest absolute Gasteiger partial charge is 0.469 e. The molecule has 0 amide bonds. The number of hydrogen-bond donors (Lipinski definition) is 0. The normalized spacial score (nSPS) is 28.7. The van der Waals surface area contributed by atoms with Gasteiger partial charge in [-0.2, -0.15) is 0 Å². The smallest absolute Gasteiger partial charge is 0.312 e. The molecule has 1 aromatic carbocycles. The molecule has 2 aliphatic rings. The van der Waals surface area contributed by atoms with Crippen molar-refractivity contribution in [3.8, 4) is 0 Å². The summed E-state index contributed by atoms with van der Waals surface area (Å²) in [5.41, 5.74) is 1.20. The van der Waals surface area contributed by atoms with Crippen molar-refractivity contribution in [2.45, 2.75) is 44.4 Å². The van der Waals surface area contributed by atoms with Gasteiger partial charge in [0.1, 0.15) is 0 Å². The summed E-state index contributed by atoms with van der Waals surface area (Å²) < 4.78 is 5.14. The maximum absolute atomic E-state index is 12.3. The van der Waals surface area contributed by atoms with Crippen LogP contribution in [0.15, 0.2) is 30.3 Å². The Balaban J connectivity index is 1.81. The van der Waals surface area contributed by atoms with Gasteiger partial charge in [0.25, 0.3) is 0 Å². The van der Waals surface area contributed by atoms with E-state index in [2.05, 4.69) is 30.3 Å². The van der Waals surface area contributed by atoms with Crippen molar-refractivity contribution in [1.82, 2.24) is 0 Å². The Labute approximate surface area is 115 Å². The first-order chi connectivity index (χ1) is 9.28. The molecule has 0 aliphatic heterocycles. The Morgan fingerprint density at radius 1 is 1.16 bits per heavy atom. The summed E-state index contributed by atoms with van der Waals surface area (Å²) in [6, 6.07) is 10.6. The number of carbonyl (C=O) groups excluding carboxylic acids is 1. The molecule has 0 radical (unpaired) electrons. The Morgan fingerprint density at radius 2 is 1.84 bits per heavy atom. The summed E-state index contributed by atoms with van der Waals surface area (Å²) in [5, 5.41) is 0. The molecule has 2 unspecified atom stereocenters. The van der Waals surface area contributed by atoms with Gasteiger partial charge in [0, 0.05) is 0 Å². The lowest BCUT2D eigenvalue weighted by Gasteiger charge is -2.35. The molecule has 2 saturated carbocycles. The standard InChI is InChI=1S/C17H22O2/c1-19-16(18)17(10-6-3-7-11-17)15-12-14(15)13-8-4-2-5-9-13/h2,4-5,8-9,14-15H,3,6-7,10-12H2,1H3. The highest BCUT2D eigenvalue weighted by Gasteiger charge is 2.57. The number of ether oxygens (including phenoxy) is 1. The van der Waals surface area contributed by atoms with Crippen LogP contribution in [0.1, 0.15) is 50.0 Å². The summed E-state index contributed by atoms with van der Waals surface area (Å²) >= 11 is 0. The van der Waals surface area contributed by atoms with E-state index in [9.17, 15) is 4.79 Å². The van der Waals surface area contributed by atoms with Crippen molar-refractivity contribution in [2.75, 3.05) is 7.11 Å². The Morgan fingerprint density at radius 3 is 2.47 bits per heavy atom. The Bertz CT molecular complexity index is 446. The second kappa shape index (κ2) is 4.99. The van der Waals surface area contributed by atoms with Gasteiger partial charge in [-0.25, -0.2) is 0 Å². The van der Waals surface area contributed by atoms with E-state index in [1.54, 1.807) is 7.11 Å². The van der Waals surface area contributed by atoms with Gasteiger partial charge in [0.15, 0.2) is 0 Å². The molecule has 2 aliphatic carbocycles. The van der Waals surface area contributed by atoms with E-state index < -0.39 is 0 Å². The summed E-state index contributed by atoms with van der Waals surface area (Å²) in [6.07, 6.45) is 6.81. The molecule has 0 heterocycles. The van der Waals surface area contributed by atoms with Crippen molar-refractivity contribution in [2.24, 2.45) is 11.3 Å². The zero-order valence-electron chi connectivity index (χ0n) is 11.6. The second-order valence-corrected chi connectivity index (χ2v) is 6.07. The number of methoxy groups -OCH3 is 1. The van der Waals surface area contributed by atoms with E-state index >= 15 is 0 Å². The molecule has 0 N–H and O–H groups in total. The average Bonchev–Trinajstić information content (AvgIpc) is 3.29. The molecule has 102 valence electrons. The first-order valence-electron chi connectivity index (χ1n) is 7.41. The third kappa shape index (κ3) is 2.18. The lowest BCUT2D eigenvalue weighted by Crippen LogP contribution is -2.37. The lowest BCUT2D eigenvalue weighted by molar-refractivity contribution is -0.156. The zero-order chi connectivity index (χ0) is 13.3. The number of carbonyl (C=O) groups is 1. The fourth-order valence-electron chi connectivity index (χ4n) is 3.99. The van der Waals surface area contributed by atoms with Gasteiger partial charge >= 0.3 is 5.97 Å². The molecule has 0 saturated heterocycles. The van der Waals surface area contributed by atoms with Crippen LogP contribution in [0, 0.1) is 11.3 Å². The van der Waals surface area contributed by atoms with E-state index in [0.717, 1.165) is 19.3 Å². The van der Waals surface area contributed by atoms with Crippen LogP contribution in [0.3, 0.4) is 0 Å². The van der Waals surface area contributed by atoms with Gasteiger partial charge in [-0.15, -0.1) is 0 Å². The minimum absolute atomic E-state index is 0.0376. The second-order valence-electron chi connectivity index (χ2n) is 6.07. The van der Waals surface area contributed by atoms with Gasteiger partial charge in [-0.1, -0.05) is 49.6 Å². The first-order valence-corrected chi connectivity index (χ1v) is 7.41. The molecular formula is C17H22O2. The van der Waals surface area contributed by atoms with E-state index in [-0.39, 0.29) is 11.4 Å². The minimum Gasteiger partial charge on any atom is -0.469 e. The third-order valence-electron chi connectivity index (χ3n) is 5.07. The monoisotopic (exact) mass is 258 g/mol. The van der Waals surface area contributed by atoms with Crippen LogP contribution in [-0.2, 0) is 9.53 Å². The van der Waals surface area contributed by atoms with Crippen molar-refractivity contribution in [3.05, 3.63) is 35.9 Å². The van der Waals surface area contributed by atoms with Crippen molar-refractivity contribution in [3.63, 3.8) is 0 Å². The van der Waals surface area contributed by atoms with Crippen LogP contribution in [0.25, 0.3) is 0 Å². The zero-order valence-corrected chi connectivity index (χ0v) is 11.6. The highest BCUT2D eigenvalue weighted by Crippen LogP contribution is 2.62. The maximum atomic E-state index is 12.3. The predicted molar refractivity (Wildman–Crippen MR) is 74.8 cm³/mol. The van der Waals surface area contributed by atoms with Crippen LogP contribution in [0.4, 0.5) is 0 Å². The van der Waals surface area contributed by atoms with Crippen LogP contribution >= 0.6 is 0 Å². The fourth-order valence-corrected chi connectivity index (χ4v) is 3.99. The van der Waals surface area contributed by atoms with Crippen LogP contribution in [0.2, 0.25) is 0 Å². The van der Waals surface area contributed by atoms with E-state index in [1.165, 1.54) is 24.8 Å². The van der Waals surface area contributed by atoms with Crippen LogP contribution in [-0.4, -0.2) is 13.1 Å². The molecule has 19 heavy (non-hydrogen) atoms. The number of esters is 1. The Kier molecular flexibility index (Phi) is 3.34. The molecule has 3 rings (SSSR count). The van der Waals surface area contributed by atoms with Crippen molar-refractivity contribution >= 4 is 5.97 Å². The van der Waals surface area contributed by atoms with E-state index in [0.29, 0.717) is 11.8 Å². The highest BCUT2D eigenvalue weighted by atomic mass is 16.5. The molecule has 0 aromatic heterocycles. The highest BCUT2D eigenvalue weighted by molar-refractivity contribution is 5.78. The SMILES string of the molecule is COC(=O)C1(C2CC2c2ccccc2)CCCCC1. The van der Waals surface area contributed by atoms with E-state index in [1.807, 2.05) is 0 Å². The quantitative estimate of drug-likeness (QED) is 0.768. The minimum atomic E-state index is -0.187. The summed E-state index contributed by atoms with van der Waals surface area (Å²) in [6.45, 7) is 0. The summed E-state index contributed by atoms with van der Waals surface area (Å²) in [7, 11) is 1.54. The van der Waals surface area contributed by atoms with Gasteiger partial charge < -0.3 is 4.74 Å². The maximum Gasteiger partial charge on any atom is 0.312 e. The molecule has 0 bridgehead atoms. The van der Waals surface area contributed by atoms with Gasteiger partial charge in [0.2, 0.25) is 0 Å². The molecule has 1 aromatic rings. The fraction of sp³-hybridized carbons (Fsp3) is 0.588. The first kappa shape index (κ1) is 12.7. The Hall–Kier alpha value is -1.31. The number of rotatable bonds is 3. The van der Waals surface area contributed by atoms with Gasteiger partial charge in [-0.3, -0.25) is 4.79 Å². The van der Waals surface area contributed by atoms with Crippen LogP contribution in [0.5, 0.6) is 0 Å². The molecule has 2 fully saturated rings. The van der Waals surface area contributed by atoms with Crippen LogP contribution < -0.4 is 0 Å². The van der Waals surface area contributed by atoms with Gasteiger partial charge in [0.05, 0.1) is 12.5 Å². The topological polar surface area (TPSA) is 26.3 Å². The molecule has 2 nitrogen and oxygen atoms in total. The number of hydrogen-bond acceptors (Lipinski definition) is 2. The average molecular weight is 258 g/mol. The third-order valence-corrected chi connectivity index (χ3v) is 5.07. The molecule has 2 atom stereocenters. The van der Waals surface area contributed by atoms with Crippen molar-refractivity contribution < 1.29 is 9.53 Å². The molecule has 0 spiro atoms. The molecular weight excluding hydrogens is 236 g/mol. The predicted octanol–water partition coefficient (Wildman–Crippen LogP) is 3.91. The van der Waals surface area contributed by atoms with Gasteiger partial charge in [-0.05, 0) is 36.7 Å². The number of benzene rings is 1. The van der Waals surface area contributed by atoms with E-state index in [4.69, 9.17) is 4.74 Å². The molecule has 2 heteroatoms. The summed E-state index contributed by atoms with van der Waals surface area (Å²) in [4.78, 5) is 12.3.